The second-order valence-corrected chi connectivity index (χ2v) is 13.6. The Labute approximate surface area is 261 Å². The van der Waals surface area contributed by atoms with E-state index in [-0.39, 0.29) is 26.9 Å². The third-order valence-corrected chi connectivity index (χ3v) is 6.83. The summed E-state index contributed by atoms with van der Waals surface area (Å²) in [5, 5.41) is 10.5. The zero-order chi connectivity index (χ0) is 30.9. The summed E-state index contributed by atoms with van der Waals surface area (Å²) >= 11 is -0.346. The van der Waals surface area contributed by atoms with Gasteiger partial charge in [0.15, 0.2) is 0 Å². The van der Waals surface area contributed by atoms with Crippen molar-refractivity contribution in [2.24, 2.45) is 0 Å². The molecule has 0 radical (unpaired) electrons. The van der Waals surface area contributed by atoms with Crippen LogP contribution in [0.15, 0.2) is 42.5 Å². The summed E-state index contributed by atoms with van der Waals surface area (Å²) < 4.78 is 5.46. The standard InChI is InChI=1S/C22H30N2.C10H13NO3.2ClH.Ru/c1-15-10-17(3)21(18(4)11-15)23-8-7-9-24(14-23)22-19(5)12-16(2)13-20(22)6;1-7(2)14-10-5-4-9(11(12)13)6-8(10)3;;;/h10-13H,7-9,14H2,1-6H3;4-7H,1-3H3;2*1H;/q;;;;+2/p-2. The Balaban J connectivity index is 0.000000294. The van der Waals surface area contributed by atoms with Crippen molar-refractivity contribution in [2.75, 3.05) is 29.6 Å². The summed E-state index contributed by atoms with van der Waals surface area (Å²) in [4.78, 5) is 15.2. The Morgan fingerprint density at radius 2 is 1.20 bits per heavy atom. The molecule has 0 atom stereocenters. The van der Waals surface area contributed by atoms with E-state index in [9.17, 15) is 10.1 Å². The molecule has 1 fully saturated rings. The van der Waals surface area contributed by atoms with Crippen LogP contribution in [0.1, 0.15) is 59.2 Å². The summed E-state index contributed by atoms with van der Waals surface area (Å²) in [6.07, 6.45) is 1.29. The molecule has 4 rings (SSSR count). The van der Waals surface area contributed by atoms with Crippen LogP contribution in [-0.2, 0) is 15.1 Å². The van der Waals surface area contributed by atoms with E-state index in [0.29, 0.717) is 5.75 Å². The molecule has 0 bridgehead atoms. The van der Waals surface area contributed by atoms with E-state index in [4.69, 9.17) is 24.1 Å². The van der Waals surface area contributed by atoms with Crippen molar-refractivity contribution >= 4 is 36.4 Å². The number of hydrogen-bond acceptors (Lipinski definition) is 5. The quantitative estimate of drug-likeness (QED) is 0.152. The topological polar surface area (TPSA) is 58.9 Å². The number of nitrogens with zero attached hydrogens (tertiary/aromatic N) is 3. The number of benzene rings is 3. The summed E-state index contributed by atoms with van der Waals surface area (Å²) in [6.45, 7) is 22.3. The van der Waals surface area contributed by atoms with Gasteiger partial charge in [-0.15, -0.1) is 0 Å². The number of nitro benzene ring substituents is 1. The first-order valence-electron chi connectivity index (χ1n) is 13.7. The summed E-state index contributed by atoms with van der Waals surface area (Å²) in [5.74, 6) is 0.700. The van der Waals surface area contributed by atoms with Gasteiger partial charge in [0.2, 0.25) is 0 Å². The first-order chi connectivity index (χ1) is 19.3. The zero-order valence-electron chi connectivity index (χ0n) is 25.6. The van der Waals surface area contributed by atoms with Gasteiger partial charge in [0.05, 0.1) is 17.7 Å². The Kier molecular flexibility index (Phi) is 13.9. The van der Waals surface area contributed by atoms with Crippen LogP contribution in [0.3, 0.4) is 0 Å². The molecule has 1 saturated heterocycles. The number of aryl methyl sites for hydroxylation is 7. The van der Waals surface area contributed by atoms with Crippen LogP contribution in [0.25, 0.3) is 0 Å². The molecule has 1 aliphatic rings. The van der Waals surface area contributed by atoms with E-state index in [2.05, 4.69) is 75.6 Å². The maximum atomic E-state index is 10.5. The predicted molar refractivity (Wildman–Crippen MR) is 171 cm³/mol. The van der Waals surface area contributed by atoms with Crippen molar-refractivity contribution in [2.45, 2.75) is 74.8 Å². The predicted octanol–water partition coefficient (Wildman–Crippen LogP) is 9.28. The minimum atomic E-state index is -0.411. The summed E-state index contributed by atoms with van der Waals surface area (Å²) in [7, 11) is 9.71. The third-order valence-electron chi connectivity index (χ3n) is 6.83. The molecule has 0 aromatic heterocycles. The fraction of sp³-hybridized carbons (Fsp3) is 0.438. The number of halogens is 2. The maximum absolute atomic E-state index is 10.5. The van der Waals surface area contributed by atoms with E-state index in [1.54, 1.807) is 13.0 Å². The first kappa shape index (κ1) is 34.9. The number of rotatable bonds is 5. The Bertz CT molecular complexity index is 1220. The van der Waals surface area contributed by atoms with Gasteiger partial charge in [-0.2, -0.15) is 0 Å². The molecule has 0 spiro atoms. The Hall–Kier alpha value is -2.34. The molecule has 41 heavy (non-hydrogen) atoms. The van der Waals surface area contributed by atoms with Crippen molar-refractivity contribution in [3.05, 3.63) is 91.5 Å². The second kappa shape index (κ2) is 16.3. The van der Waals surface area contributed by atoms with Gasteiger partial charge in [-0.05, 0) is 103 Å². The molecule has 6 nitrogen and oxygen atoms in total. The van der Waals surface area contributed by atoms with Crippen LogP contribution < -0.4 is 14.5 Å². The minimum absolute atomic E-state index is 0.0788. The van der Waals surface area contributed by atoms with Gasteiger partial charge in [0.25, 0.3) is 5.69 Å². The Morgan fingerprint density at radius 3 is 1.54 bits per heavy atom. The molecule has 3 aromatic rings. The van der Waals surface area contributed by atoms with Crippen LogP contribution in [0.4, 0.5) is 17.1 Å². The van der Waals surface area contributed by atoms with Crippen LogP contribution in [0.2, 0.25) is 0 Å². The van der Waals surface area contributed by atoms with Gasteiger partial charge < -0.3 is 14.5 Å². The molecule has 0 unspecified atom stereocenters. The molecular formula is C32H43Cl2N3O3Ru. The number of non-ortho nitro benzene ring substituents is 1. The fourth-order valence-corrected chi connectivity index (χ4v) is 5.64. The van der Waals surface area contributed by atoms with Crippen LogP contribution in [0.5, 0.6) is 5.75 Å². The van der Waals surface area contributed by atoms with Crippen LogP contribution in [0, 0.1) is 58.6 Å². The van der Waals surface area contributed by atoms with Gasteiger partial charge in [-0.3, -0.25) is 10.1 Å². The van der Waals surface area contributed by atoms with Crippen molar-refractivity contribution < 1.29 is 24.8 Å². The molecule has 1 heterocycles. The molecule has 226 valence electrons. The van der Waals surface area contributed by atoms with Crippen molar-refractivity contribution in [3.8, 4) is 5.75 Å². The zero-order valence-corrected chi connectivity index (χ0v) is 28.9. The normalized spacial score (nSPS) is 12.9. The van der Waals surface area contributed by atoms with Gasteiger partial charge in [0.1, 0.15) is 5.75 Å². The number of nitro groups is 1. The van der Waals surface area contributed by atoms with E-state index >= 15 is 0 Å². The molecule has 0 N–H and O–H groups in total. The van der Waals surface area contributed by atoms with Crippen LogP contribution >= 0.6 is 19.4 Å². The average molecular weight is 690 g/mol. The van der Waals surface area contributed by atoms with Crippen LogP contribution in [-0.4, -0.2) is 30.8 Å². The van der Waals surface area contributed by atoms with Gasteiger partial charge in [-0.25, -0.2) is 0 Å². The van der Waals surface area contributed by atoms with Gasteiger partial charge >= 0.3 is 34.5 Å². The number of hydrogen-bond donors (Lipinski definition) is 0. The van der Waals surface area contributed by atoms with Crippen molar-refractivity contribution in [3.63, 3.8) is 0 Å². The Morgan fingerprint density at radius 1 is 0.780 bits per heavy atom. The van der Waals surface area contributed by atoms with E-state index < -0.39 is 4.92 Å². The molecule has 0 aliphatic carbocycles. The third kappa shape index (κ3) is 10.2. The number of ether oxygens (including phenoxy) is 1. The molecule has 1 aliphatic heterocycles. The van der Waals surface area contributed by atoms with E-state index in [1.807, 2.05) is 13.8 Å². The summed E-state index contributed by atoms with van der Waals surface area (Å²) in [5.41, 5.74) is 12.0. The molecule has 0 amide bonds. The number of anilines is 2. The molecule has 3 aromatic carbocycles. The summed E-state index contributed by atoms with van der Waals surface area (Å²) in [6, 6.07) is 13.8. The van der Waals surface area contributed by atoms with Gasteiger partial charge in [-0.1, -0.05) is 35.4 Å². The van der Waals surface area contributed by atoms with E-state index in [0.717, 1.165) is 25.3 Å². The monoisotopic (exact) mass is 689 g/mol. The molecule has 9 heteroatoms. The van der Waals surface area contributed by atoms with Crippen molar-refractivity contribution in [1.82, 2.24) is 0 Å². The van der Waals surface area contributed by atoms with Gasteiger partial charge in [0, 0.05) is 36.6 Å². The van der Waals surface area contributed by atoms with Crippen molar-refractivity contribution in [1.29, 1.82) is 0 Å². The SMILES string of the molecule is Cc1cc(C)c(N2CCCN(c3c(C)cc(C)cc3C)C2)c(C)c1.Cc1cc([N+](=O)[O-])ccc1OC(C)C.[Cl][Ru][Cl]. The second-order valence-electron chi connectivity index (χ2n) is 10.9. The molecule has 0 saturated carbocycles. The molecular weight excluding hydrogens is 646 g/mol. The average Bonchev–Trinajstić information content (AvgIpc) is 2.85. The fourth-order valence-electron chi connectivity index (χ4n) is 5.64. The van der Waals surface area contributed by atoms with E-state index in [1.165, 1.54) is 63.3 Å². The first-order valence-corrected chi connectivity index (χ1v) is 18.2.